The molecule has 1 atom stereocenters. The molecule has 1 rings (SSSR count). The molecule has 0 saturated heterocycles. The van der Waals surface area contributed by atoms with E-state index in [1.54, 1.807) is 12.1 Å². The molecule has 4 nitrogen and oxygen atoms in total. The number of carbonyl (C=O) groups excluding carboxylic acids is 1. The van der Waals surface area contributed by atoms with Gasteiger partial charge in [-0.1, -0.05) is 12.1 Å². The van der Waals surface area contributed by atoms with E-state index in [4.69, 9.17) is 5.11 Å². The number of ether oxygens (including phenoxy) is 1. The van der Waals surface area contributed by atoms with Crippen LogP contribution in [0.5, 0.6) is 5.75 Å². The van der Waals surface area contributed by atoms with Gasteiger partial charge in [0.25, 0.3) is 0 Å². The minimum absolute atomic E-state index is 0.200. The quantitative estimate of drug-likeness (QED) is 0.736. The van der Waals surface area contributed by atoms with Crippen molar-refractivity contribution < 1.29 is 14.6 Å². The number of benzene rings is 1. The second-order valence-electron chi connectivity index (χ2n) is 4.05. The number of phenols is 1. The van der Waals surface area contributed by atoms with Gasteiger partial charge in [-0.05, 0) is 31.0 Å². The van der Waals surface area contributed by atoms with Crippen molar-refractivity contribution in [1.29, 1.82) is 0 Å². The molecule has 1 aromatic rings. The van der Waals surface area contributed by atoms with E-state index in [-0.39, 0.29) is 17.8 Å². The Morgan fingerprint density at radius 1 is 1.41 bits per heavy atom. The van der Waals surface area contributed by atoms with Gasteiger partial charge in [0.15, 0.2) is 0 Å². The maximum absolute atomic E-state index is 10.9. The SMILES string of the molecule is COC(=O)CCNC(C)Cc1ccc(O)cc1. The third-order valence-electron chi connectivity index (χ3n) is 2.53. The van der Waals surface area contributed by atoms with Crippen LogP contribution in [-0.4, -0.2) is 30.8 Å². The first-order chi connectivity index (χ1) is 8.11. The summed E-state index contributed by atoms with van der Waals surface area (Å²) >= 11 is 0. The van der Waals surface area contributed by atoms with Gasteiger partial charge >= 0.3 is 5.97 Å². The van der Waals surface area contributed by atoms with Crippen molar-refractivity contribution in [3.8, 4) is 5.75 Å². The first kappa shape index (κ1) is 13.5. The van der Waals surface area contributed by atoms with Crippen LogP contribution < -0.4 is 5.32 Å². The van der Waals surface area contributed by atoms with Crippen molar-refractivity contribution >= 4 is 5.97 Å². The number of rotatable bonds is 6. The minimum atomic E-state index is -0.200. The molecule has 0 amide bonds. The van der Waals surface area contributed by atoms with E-state index < -0.39 is 0 Å². The third-order valence-corrected chi connectivity index (χ3v) is 2.53. The van der Waals surface area contributed by atoms with E-state index in [1.165, 1.54) is 7.11 Å². The topological polar surface area (TPSA) is 58.6 Å². The molecule has 2 N–H and O–H groups in total. The molecule has 17 heavy (non-hydrogen) atoms. The lowest BCUT2D eigenvalue weighted by Gasteiger charge is -2.13. The lowest BCUT2D eigenvalue weighted by atomic mass is 10.1. The molecule has 0 spiro atoms. The number of nitrogens with one attached hydrogen (secondary N) is 1. The largest absolute Gasteiger partial charge is 0.508 e. The minimum Gasteiger partial charge on any atom is -0.508 e. The fourth-order valence-corrected chi connectivity index (χ4v) is 1.58. The lowest BCUT2D eigenvalue weighted by Crippen LogP contribution is -2.30. The molecule has 0 heterocycles. The van der Waals surface area contributed by atoms with Crippen LogP contribution in [0.15, 0.2) is 24.3 Å². The molecule has 1 unspecified atom stereocenters. The summed E-state index contributed by atoms with van der Waals surface area (Å²) in [6, 6.07) is 7.43. The van der Waals surface area contributed by atoms with E-state index in [2.05, 4.69) is 17.0 Å². The second kappa shape index (κ2) is 6.91. The maximum atomic E-state index is 10.9. The van der Waals surface area contributed by atoms with Crippen molar-refractivity contribution in [2.75, 3.05) is 13.7 Å². The Kier molecular flexibility index (Phi) is 5.49. The van der Waals surface area contributed by atoms with Gasteiger partial charge in [-0.25, -0.2) is 0 Å². The van der Waals surface area contributed by atoms with E-state index >= 15 is 0 Å². The molecule has 0 aliphatic heterocycles. The second-order valence-corrected chi connectivity index (χ2v) is 4.05. The Labute approximate surface area is 102 Å². The standard InChI is InChI=1S/C13H19NO3/c1-10(14-8-7-13(16)17-2)9-11-3-5-12(15)6-4-11/h3-6,10,14-15H,7-9H2,1-2H3. The zero-order valence-electron chi connectivity index (χ0n) is 10.3. The normalized spacial score (nSPS) is 12.1. The number of esters is 1. The highest BCUT2D eigenvalue weighted by atomic mass is 16.5. The van der Waals surface area contributed by atoms with Crippen molar-refractivity contribution in [3.05, 3.63) is 29.8 Å². The van der Waals surface area contributed by atoms with Gasteiger partial charge in [0.2, 0.25) is 0 Å². The molecule has 0 fully saturated rings. The van der Waals surface area contributed by atoms with Gasteiger partial charge in [0.1, 0.15) is 5.75 Å². The highest BCUT2D eigenvalue weighted by Crippen LogP contribution is 2.11. The summed E-state index contributed by atoms with van der Waals surface area (Å²) in [4.78, 5) is 10.9. The fraction of sp³-hybridized carbons (Fsp3) is 0.462. The summed E-state index contributed by atoms with van der Waals surface area (Å²) in [7, 11) is 1.39. The molecular weight excluding hydrogens is 218 g/mol. The Bertz CT molecular complexity index is 348. The van der Waals surface area contributed by atoms with E-state index in [1.807, 2.05) is 12.1 Å². The van der Waals surface area contributed by atoms with Crippen LogP contribution in [0.3, 0.4) is 0 Å². The molecule has 0 aliphatic carbocycles. The highest BCUT2D eigenvalue weighted by molar-refractivity contribution is 5.69. The number of carbonyl (C=O) groups is 1. The fourth-order valence-electron chi connectivity index (χ4n) is 1.58. The van der Waals surface area contributed by atoms with Crippen LogP contribution in [0.25, 0.3) is 0 Å². The third kappa shape index (κ3) is 5.36. The number of methoxy groups -OCH3 is 1. The summed E-state index contributed by atoms with van der Waals surface area (Å²) in [5.74, 6) is 0.0781. The lowest BCUT2D eigenvalue weighted by molar-refractivity contribution is -0.140. The van der Waals surface area contributed by atoms with Crippen LogP contribution in [0, 0.1) is 0 Å². The Morgan fingerprint density at radius 3 is 2.65 bits per heavy atom. The number of hydrogen-bond donors (Lipinski definition) is 2. The van der Waals surface area contributed by atoms with Gasteiger partial charge in [0.05, 0.1) is 13.5 Å². The van der Waals surface area contributed by atoms with Gasteiger partial charge < -0.3 is 15.2 Å². The van der Waals surface area contributed by atoms with E-state index in [0.29, 0.717) is 13.0 Å². The molecule has 0 radical (unpaired) electrons. The van der Waals surface area contributed by atoms with Crippen LogP contribution in [0.2, 0.25) is 0 Å². The molecule has 0 aromatic heterocycles. The molecule has 0 bridgehead atoms. The summed E-state index contributed by atoms with van der Waals surface area (Å²) in [6.07, 6.45) is 1.25. The molecule has 0 aliphatic rings. The number of phenolic OH excluding ortho intramolecular Hbond substituents is 1. The molecule has 0 saturated carbocycles. The van der Waals surface area contributed by atoms with Crippen molar-refractivity contribution in [2.24, 2.45) is 0 Å². The zero-order valence-corrected chi connectivity index (χ0v) is 10.3. The first-order valence-corrected chi connectivity index (χ1v) is 5.70. The van der Waals surface area contributed by atoms with Gasteiger partial charge in [0, 0.05) is 12.6 Å². The summed E-state index contributed by atoms with van der Waals surface area (Å²) in [5.41, 5.74) is 1.15. The van der Waals surface area contributed by atoms with Crippen molar-refractivity contribution in [1.82, 2.24) is 5.32 Å². The van der Waals surface area contributed by atoms with Gasteiger partial charge in [-0.3, -0.25) is 4.79 Å². The predicted molar refractivity (Wildman–Crippen MR) is 65.9 cm³/mol. The average Bonchev–Trinajstić information content (AvgIpc) is 2.32. The summed E-state index contributed by atoms with van der Waals surface area (Å²) in [6.45, 7) is 2.68. The van der Waals surface area contributed by atoms with Crippen LogP contribution in [0.1, 0.15) is 18.9 Å². The van der Waals surface area contributed by atoms with E-state index in [9.17, 15) is 4.79 Å². The number of aromatic hydroxyl groups is 1. The van der Waals surface area contributed by atoms with E-state index in [0.717, 1.165) is 12.0 Å². The Hall–Kier alpha value is -1.55. The first-order valence-electron chi connectivity index (χ1n) is 5.70. The Balaban J connectivity index is 2.27. The van der Waals surface area contributed by atoms with Crippen molar-refractivity contribution in [2.45, 2.75) is 25.8 Å². The van der Waals surface area contributed by atoms with Crippen LogP contribution >= 0.6 is 0 Å². The molecular formula is C13H19NO3. The highest BCUT2D eigenvalue weighted by Gasteiger charge is 2.05. The predicted octanol–water partition coefficient (Wildman–Crippen LogP) is 1.48. The smallest absolute Gasteiger partial charge is 0.306 e. The monoisotopic (exact) mass is 237 g/mol. The number of hydrogen-bond acceptors (Lipinski definition) is 4. The summed E-state index contributed by atoms with van der Waals surface area (Å²) in [5, 5.41) is 12.4. The van der Waals surface area contributed by atoms with Gasteiger partial charge in [-0.15, -0.1) is 0 Å². The Morgan fingerprint density at radius 2 is 2.06 bits per heavy atom. The molecule has 1 aromatic carbocycles. The summed E-state index contributed by atoms with van der Waals surface area (Å²) < 4.78 is 4.56. The molecule has 94 valence electrons. The van der Waals surface area contributed by atoms with Crippen LogP contribution in [0.4, 0.5) is 0 Å². The maximum Gasteiger partial charge on any atom is 0.306 e. The van der Waals surface area contributed by atoms with Crippen molar-refractivity contribution in [3.63, 3.8) is 0 Å². The van der Waals surface area contributed by atoms with Gasteiger partial charge in [-0.2, -0.15) is 0 Å². The average molecular weight is 237 g/mol. The van der Waals surface area contributed by atoms with Crippen LogP contribution in [-0.2, 0) is 16.0 Å². The molecule has 4 heteroatoms. The zero-order chi connectivity index (χ0) is 12.7.